The smallest absolute Gasteiger partial charge is 0.264 e. The summed E-state index contributed by atoms with van der Waals surface area (Å²) in [5.74, 6) is -0.913. The van der Waals surface area contributed by atoms with E-state index < -0.39 is 11.5 Å². The van der Waals surface area contributed by atoms with Crippen LogP contribution in [-0.2, 0) is 21.7 Å². The second-order valence-corrected chi connectivity index (χ2v) is 8.65. The number of hydrogen-bond acceptors (Lipinski definition) is 4. The highest BCUT2D eigenvalue weighted by atomic mass is 16.3. The van der Waals surface area contributed by atoms with E-state index in [0.29, 0.717) is 24.3 Å². The Morgan fingerprint density at radius 3 is 2.66 bits per heavy atom. The molecule has 0 aromatic heterocycles. The first-order valence-corrected chi connectivity index (χ1v) is 11.2. The third-order valence-corrected chi connectivity index (χ3v) is 6.64. The van der Waals surface area contributed by atoms with Crippen molar-refractivity contribution in [1.29, 1.82) is 0 Å². The zero-order valence-electron chi connectivity index (χ0n) is 18.4. The number of anilines is 1. The highest BCUT2D eigenvalue weighted by molar-refractivity contribution is 6.07. The van der Waals surface area contributed by atoms with Crippen molar-refractivity contribution >= 4 is 17.5 Å². The highest BCUT2D eigenvalue weighted by Crippen LogP contribution is 2.45. The fourth-order valence-corrected chi connectivity index (χ4v) is 4.81. The SMILES string of the molecule is C[C@H](/C=C/CC(=O)N1CCC[C@H]1CO)[C@@]1(O)C(=O)N(Cc2ccccc2)c2ccccc21. The monoisotopic (exact) mass is 434 g/mol. The lowest BCUT2D eigenvalue weighted by Crippen LogP contribution is -2.44. The summed E-state index contributed by atoms with van der Waals surface area (Å²) in [4.78, 5) is 29.4. The van der Waals surface area contributed by atoms with Crippen molar-refractivity contribution in [3.8, 4) is 0 Å². The number of carbonyl (C=O) groups is 2. The summed E-state index contributed by atoms with van der Waals surface area (Å²) in [6.07, 6.45) is 5.39. The Morgan fingerprint density at radius 1 is 1.19 bits per heavy atom. The first-order chi connectivity index (χ1) is 15.5. The van der Waals surface area contributed by atoms with E-state index in [4.69, 9.17) is 0 Å². The maximum absolute atomic E-state index is 13.5. The van der Waals surface area contributed by atoms with E-state index in [9.17, 15) is 19.8 Å². The molecule has 2 aromatic rings. The number of hydrogen-bond donors (Lipinski definition) is 2. The van der Waals surface area contributed by atoms with Gasteiger partial charge in [0.1, 0.15) is 0 Å². The van der Waals surface area contributed by atoms with Gasteiger partial charge in [0.15, 0.2) is 5.60 Å². The van der Waals surface area contributed by atoms with Gasteiger partial charge in [-0.05, 0) is 24.5 Å². The number of nitrogens with zero attached hydrogens (tertiary/aromatic N) is 2. The van der Waals surface area contributed by atoms with E-state index in [1.807, 2.05) is 48.5 Å². The summed E-state index contributed by atoms with van der Waals surface area (Å²) in [6.45, 7) is 2.82. The lowest BCUT2D eigenvalue weighted by Gasteiger charge is -2.28. The Morgan fingerprint density at radius 2 is 1.91 bits per heavy atom. The molecular formula is C26H30N2O4. The Balaban J connectivity index is 1.52. The first kappa shape index (κ1) is 22.2. The van der Waals surface area contributed by atoms with Crippen LogP contribution in [0.1, 0.15) is 37.3 Å². The van der Waals surface area contributed by atoms with Crippen LogP contribution in [0.5, 0.6) is 0 Å². The van der Waals surface area contributed by atoms with Gasteiger partial charge >= 0.3 is 0 Å². The van der Waals surface area contributed by atoms with Gasteiger partial charge in [-0.2, -0.15) is 0 Å². The number of aliphatic hydroxyl groups is 2. The molecule has 0 unspecified atom stereocenters. The molecule has 3 atom stereocenters. The molecular weight excluding hydrogens is 404 g/mol. The molecule has 1 saturated heterocycles. The quantitative estimate of drug-likeness (QED) is 0.657. The number of fused-ring (bicyclic) bond motifs is 1. The molecule has 2 aliphatic rings. The van der Waals surface area contributed by atoms with Gasteiger partial charge in [-0.3, -0.25) is 9.59 Å². The van der Waals surface area contributed by atoms with Crippen molar-refractivity contribution in [3.63, 3.8) is 0 Å². The average Bonchev–Trinajstić information content (AvgIpc) is 3.38. The van der Waals surface area contributed by atoms with E-state index in [1.54, 1.807) is 34.9 Å². The summed E-state index contributed by atoms with van der Waals surface area (Å²) in [5.41, 5.74) is 0.594. The number of carbonyl (C=O) groups excluding carboxylic acids is 2. The fraction of sp³-hybridized carbons (Fsp3) is 0.385. The van der Waals surface area contributed by atoms with Crippen LogP contribution < -0.4 is 4.90 Å². The van der Waals surface area contributed by atoms with Gasteiger partial charge < -0.3 is 20.0 Å². The maximum Gasteiger partial charge on any atom is 0.264 e. The van der Waals surface area contributed by atoms with E-state index in [-0.39, 0.29) is 30.9 Å². The van der Waals surface area contributed by atoms with Crippen LogP contribution in [0.15, 0.2) is 66.7 Å². The van der Waals surface area contributed by atoms with Crippen LogP contribution in [0.25, 0.3) is 0 Å². The third-order valence-electron chi connectivity index (χ3n) is 6.64. The number of rotatable bonds is 7. The lowest BCUT2D eigenvalue weighted by molar-refractivity contribution is -0.139. The number of para-hydroxylation sites is 1. The van der Waals surface area contributed by atoms with Gasteiger partial charge in [0.2, 0.25) is 5.91 Å². The Labute approximate surface area is 188 Å². The molecule has 2 N–H and O–H groups in total. The van der Waals surface area contributed by atoms with Gasteiger partial charge in [0.25, 0.3) is 5.91 Å². The van der Waals surface area contributed by atoms with Gasteiger partial charge in [-0.1, -0.05) is 67.6 Å². The highest BCUT2D eigenvalue weighted by Gasteiger charge is 2.52. The Kier molecular flexibility index (Phi) is 6.44. The third kappa shape index (κ3) is 3.96. The summed E-state index contributed by atoms with van der Waals surface area (Å²) >= 11 is 0. The summed E-state index contributed by atoms with van der Waals surface area (Å²) in [7, 11) is 0. The molecule has 0 radical (unpaired) electrons. The molecule has 6 nitrogen and oxygen atoms in total. The number of likely N-dealkylation sites (tertiary alicyclic amines) is 1. The predicted octanol–water partition coefficient (Wildman–Crippen LogP) is 2.99. The first-order valence-electron chi connectivity index (χ1n) is 11.2. The van der Waals surface area contributed by atoms with Gasteiger partial charge in [0.05, 0.1) is 24.9 Å². The molecule has 168 valence electrons. The minimum Gasteiger partial charge on any atom is -0.394 e. The van der Waals surface area contributed by atoms with E-state index in [0.717, 1.165) is 18.4 Å². The normalized spacial score (nSPS) is 23.7. The second kappa shape index (κ2) is 9.27. The van der Waals surface area contributed by atoms with Gasteiger partial charge in [-0.25, -0.2) is 0 Å². The van der Waals surface area contributed by atoms with Gasteiger partial charge in [-0.15, -0.1) is 0 Å². The second-order valence-electron chi connectivity index (χ2n) is 8.65. The average molecular weight is 435 g/mol. The molecule has 1 fully saturated rings. The molecule has 0 aliphatic carbocycles. The van der Waals surface area contributed by atoms with Crippen molar-refractivity contribution in [3.05, 3.63) is 77.9 Å². The zero-order chi connectivity index (χ0) is 22.7. The molecule has 0 bridgehead atoms. The van der Waals surface area contributed by atoms with E-state index in [1.165, 1.54) is 0 Å². The van der Waals surface area contributed by atoms with Crippen LogP contribution in [0.2, 0.25) is 0 Å². The number of amides is 2. The minimum absolute atomic E-state index is 0.0197. The van der Waals surface area contributed by atoms with Crippen molar-refractivity contribution in [1.82, 2.24) is 4.90 Å². The molecule has 32 heavy (non-hydrogen) atoms. The largest absolute Gasteiger partial charge is 0.394 e. The molecule has 2 heterocycles. The van der Waals surface area contributed by atoms with Crippen molar-refractivity contribution < 1.29 is 19.8 Å². The van der Waals surface area contributed by atoms with Crippen LogP contribution >= 0.6 is 0 Å². The standard InChI is InChI=1S/C26H30N2O4/c1-19(9-7-15-24(30)27-16-8-12-21(27)18-29)26(32)22-13-5-6-14-23(22)28(25(26)31)17-20-10-3-2-4-11-20/h2-7,9-11,13-14,19,21,29,32H,8,12,15-18H2,1H3/b9-7+/t19-,21+,26+/m1/s1. The summed E-state index contributed by atoms with van der Waals surface area (Å²) < 4.78 is 0. The fourth-order valence-electron chi connectivity index (χ4n) is 4.81. The van der Waals surface area contributed by atoms with Crippen LogP contribution in [0.4, 0.5) is 5.69 Å². The number of aliphatic hydroxyl groups excluding tert-OH is 1. The summed E-state index contributed by atoms with van der Waals surface area (Å²) in [5, 5.41) is 21.1. The van der Waals surface area contributed by atoms with Crippen LogP contribution in [0.3, 0.4) is 0 Å². The molecule has 2 aliphatic heterocycles. The Bertz CT molecular complexity index is 1010. The summed E-state index contributed by atoms with van der Waals surface area (Å²) in [6, 6.07) is 16.9. The van der Waals surface area contributed by atoms with Crippen LogP contribution in [0, 0.1) is 5.92 Å². The Hall–Kier alpha value is -2.96. The molecule has 0 saturated carbocycles. The van der Waals surface area contributed by atoms with Crippen molar-refractivity contribution in [2.24, 2.45) is 5.92 Å². The van der Waals surface area contributed by atoms with Crippen molar-refractivity contribution in [2.75, 3.05) is 18.1 Å². The predicted molar refractivity (Wildman–Crippen MR) is 123 cm³/mol. The van der Waals surface area contributed by atoms with E-state index in [2.05, 4.69) is 0 Å². The lowest BCUT2D eigenvalue weighted by atomic mass is 9.83. The maximum atomic E-state index is 13.5. The zero-order valence-corrected chi connectivity index (χ0v) is 18.4. The number of benzene rings is 2. The van der Waals surface area contributed by atoms with E-state index >= 15 is 0 Å². The topological polar surface area (TPSA) is 81.1 Å². The molecule has 2 amide bonds. The molecule has 2 aromatic carbocycles. The minimum atomic E-state index is -1.69. The molecule has 6 heteroatoms. The van der Waals surface area contributed by atoms with Crippen LogP contribution in [-0.4, -0.2) is 46.1 Å². The van der Waals surface area contributed by atoms with Crippen molar-refractivity contribution in [2.45, 2.75) is 44.4 Å². The molecule has 0 spiro atoms. The van der Waals surface area contributed by atoms with Gasteiger partial charge in [0, 0.05) is 24.4 Å². The molecule has 4 rings (SSSR count).